The van der Waals surface area contributed by atoms with Crippen LogP contribution in [0.25, 0.3) is 0 Å². The largest absolute Gasteiger partial charge is 0.465 e. The zero-order valence-corrected chi connectivity index (χ0v) is 13.8. The summed E-state index contributed by atoms with van der Waals surface area (Å²) in [5.41, 5.74) is 0. The van der Waals surface area contributed by atoms with E-state index in [0.29, 0.717) is 20.1 Å². The normalized spacial score (nSPS) is 14.1. The van der Waals surface area contributed by atoms with E-state index in [0.717, 1.165) is 23.5 Å². The van der Waals surface area contributed by atoms with Crippen LogP contribution in [-0.2, 0) is 26.1 Å². The van der Waals surface area contributed by atoms with Crippen LogP contribution in [0.4, 0.5) is 0 Å². The molecule has 0 fully saturated rings. The number of fused-ring (bicyclic) bond motifs is 1. The van der Waals surface area contributed by atoms with Crippen LogP contribution in [-0.4, -0.2) is 30.7 Å². The molecule has 0 radical (unpaired) electrons. The summed E-state index contributed by atoms with van der Waals surface area (Å²) in [6.07, 6.45) is 0. The Labute approximate surface area is 133 Å². The molecule has 1 aromatic rings. The molecule has 0 atom stereocenters. The monoisotopic (exact) mass is 353 g/mol. The predicted molar refractivity (Wildman–Crippen MR) is 78.2 cm³/mol. The summed E-state index contributed by atoms with van der Waals surface area (Å²) < 4.78 is 10.9. The highest BCUT2D eigenvalue weighted by atomic mass is 35.5. The fourth-order valence-corrected chi connectivity index (χ4v) is 4.67. The van der Waals surface area contributed by atoms with Crippen LogP contribution >= 0.6 is 46.7 Å². The topological polar surface area (TPSA) is 57.5 Å². The zero-order chi connectivity index (χ0) is 15.0. The molecule has 20 heavy (non-hydrogen) atoms. The average molecular weight is 354 g/mol. The second kappa shape index (κ2) is 5.93. The Hall–Kier alpha value is -0.760. The van der Waals surface area contributed by atoms with E-state index in [-0.39, 0.29) is 9.81 Å². The first-order chi connectivity index (χ1) is 9.42. The third-order valence-electron chi connectivity index (χ3n) is 2.53. The predicted octanol–water partition coefficient (Wildman–Crippen LogP) is 3.09. The van der Waals surface area contributed by atoms with E-state index in [1.165, 1.54) is 14.2 Å². The molecule has 0 aliphatic carbocycles. The van der Waals surface area contributed by atoms with Gasteiger partial charge in [0.05, 0.1) is 24.0 Å². The number of carbonyl (C=O) groups excluding carboxylic acids is 2. The van der Waals surface area contributed by atoms with Crippen molar-refractivity contribution < 1.29 is 19.1 Å². The lowest BCUT2D eigenvalue weighted by atomic mass is 10.5. The molecule has 0 saturated carbocycles. The highest BCUT2D eigenvalue weighted by Crippen LogP contribution is 2.53. The molecule has 0 unspecified atom stereocenters. The van der Waals surface area contributed by atoms with E-state index in [9.17, 15) is 9.59 Å². The maximum atomic E-state index is 11.8. The van der Waals surface area contributed by atoms with Crippen LogP contribution < -0.4 is 0 Å². The van der Waals surface area contributed by atoms with Crippen molar-refractivity contribution in [2.75, 3.05) is 14.2 Å². The minimum Gasteiger partial charge on any atom is -0.465 e. The van der Waals surface area contributed by atoms with Crippen molar-refractivity contribution in [2.24, 2.45) is 7.05 Å². The van der Waals surface area contributed by atoms with Gasteiger partial charge >= 0.3 is 11.9 Å². The molecule has 0 bridgehead atoms. The van der Waals surface area contributed by atoms with Crippen LogP contribution in [0, 0.1) is 0 Å². The SMILES string of the molecule is COC(=O)C1=C(C(=O)OC)Sc2c(c(Cl)n(C)c2Cl)S1. The second-order valence-electron chi connectivity index (χ2n) is 3.64. The van der Waals surface area contributed by atoms with Gasteiger partial charge in [0.15, 0.2) is 0 Å². The van der Waals surface area contributed by atoms with Crippen molar-refractivity contribution in [1.29, 1.82) is 0 Å². The van der Waals surface area contributed by atoms with Crippen molar-refractivity contribution >= 4 is 58.7 Å². The number of hydrogen-bond acceptors (Lipinski definition) is 6. The Morgan fingerprint density at radius 3 is 1.60 bits per heavy atom. The molecule has 1 aliphatic heterocycles. The Balaban J connectivity index is 2.56. The van der Waals surface area contributed by atoms with Gasteiger partial charge in [-0.3, -0.25) is 0 Å². The summed E-state index contributed by atoms with van der Waals surface area (Å²) in [6.45, 7) is 0. The second-order valence-corrected chi connectivity index (χ2v) is 6.40. The number of carbonyl (C=O) groups is 2. The standard InChI is InChI=1S/C11H9Cl2NO4S2/c1-14-8(12)4-5(9(14)13)20-7(11(16)18-3)6(19-4)10(15)17-2/h1-3H3. The molecule has 1 aromatic heterocycles. The summed E-state index contributed by atoms with van der Waals surface area (Å²) in [4.78, 5) is 25.1. The molecule has 9 heteroatoms. The van der Waals surface area contributed by atoms with Crippen molar-refractivity contribution in [3.05, 3.63) is 20.1 Å². The summed E-state index contributed by atoms with van der Waals surface area (Å²) in [5.74, 6) is -1.24. The van der Waals surface area contributed by atoms with Gasteiger partial charge < -0.3 is 14.0 Å². The van der Waals surface area contributed by atoms with Crippen LogP contribution in [0.3, 0.4) is 0 Å². The number of hydrogen-bond donors (Lipinski definition) is 0. The maximum Gasteiger partial charge on any atom is 0.346 e. The average Bonchev–Trinajstić information content (AvgIpc) is 2.68. The molecule has 2 rings (SSSR count). The molecule has 0 amide bonds. The Morgan fingerprint density at radius 1 is 0.950 bits per heavy atom. The Kier molecular flexibility index (Phi) is 4.63. The lowest BCUT2D eigenvalue weighted by Crippen LogP contribution is -2.13. The molecular formula is C11H9Cl2NO4S2. The van der Waals surface area contributed by atoms with E-state index in [4.69, 9.17) is 23.2 Å². The maximum absolute atomic E-state index is 11.8. The van der Waals surface area contributed by atoms with Crippen molar-refractivity contribution in [3.63, 3.8) is 0 Å². The number of esters is 2. The number of rotatable bonds is 2. The quantitative estimate of drug-likeness (QED) is 0.761. The fourth-order valence-electron chi connectivity index (χ4n) is 1.51. The van der Waals surface area contributed by atoms with Gasteiger partial charge in [0, 0.05) is 7.05 Å². The van der Waals surface area contributed by atoms with E-state index in [2.05, 4.69) is 9.47 Å². The van der Waals surface area contributed by atoms with E-state index in [1.54, 1.807) is 11.6 Å². The lowest BCUT2D eigenvalue weighted by molar-refractivity contribution is -0.138. The molecule has 0 saturated heterocycles. The first kappa shape index (κ1) is 15.6. The van der Waals surface area contributed by atoms with Gasteiger partial charge in [-0.25, -0.2) is 9.59 Å². The van der Waals surface area contributed by atoms with Gasteiger partial charge in [0.2, 0.25) is 0 Å². The van der Waals surface area contributed by atoms with Crippen molar-refractivity contribution in [3.8, 4) is 0 Å². The summed E-state index contributed by atoms with van der Waals surface area (Å²) in [7, 11) is 4.18. The highest BCUT2D eigenvalue weighted by Gasteiger charge is 2.34. The first-order valence-corrected chi connectivity index (χ1v) is 7.61. The van der Waals surface area contributed by atoms with Crippen LogP contribution in [0.5, 0.6) is 0 Å². The zero-order valence-electron chi connectivity index (χ0n) is 10.7. The molecule has 5 nitrogen and oxygen atoms in total. The third kappa shape index (κ3) is 2.43. The van der Waals surface area contributed by atoms with Gasteiger partial charge in [-0.2, -0.15) is 0 Å². The minimum absolute atomic E-state index is 0.140. The summed E-state index contributed by atoms with van der Waals surface area (Å²) in [5, 5.41) is 0.792. The number of methoxy groups -OCH3 is 2. The third-order valence-corrected chi connectivity index (χ3v) is 6.25. The molecule has 108 valence electrons. The molecule has 0 aromatic carbocycles. The molecule has 1 aliphatic rings. The number of thioether (sulfide) groups is 2. The van der Waals surface area contributed by atoms with Gasteiger partial charge in [-0.05, 0) is 0 Å². The lowest BCUT2D eigenvalue weighted by Gasteiger charge is -2.16. The number of nitrogens with zero attached hydrogens (tertiary/aromatic N) is 1. The van der Waals surface area contributed by atoms with E-state index < -0.39 is 11.9 Å². The molecular weight excluding hydrogens is 345 g/mol. The summed E-state index contributed by atoms with van der Waals surface area (Å²) >= 11 is 14.4. The van der Waals surface area contributed by atoms with E-state index >= 15 is 0 Å². The van der Waals surface area contributed by atoms with Crippen LogP contribution in [0.15, 0.2) is 19.6 Å². The molecule has 2 heterocycles. The van der Waals surface area contributed by atoms with Crippen LogP contribution in [0.2, 0.25) is 10.3 Å². The van der Waals surface area contributed by atoms with Gasteiger partial charge in [-0.15, -0.1) is 0 Å². The highest BCUT2D eigenvalue weighted by molar-refractivity contribution is 8.10. The van der Waals surface area contributed by atoms with Gasteiger partial charge in [0.1, 0.15) is 20.1 Å². The smallest absolute Gasteiger partial charge is 0.346 e. The number of halogens is 2. The number of ether oxygens (including phenoxy) is 2. The molecule has 0 spiro atoms. The van der Waals surface area contributed by atoms with Crippen LogP contribution in [0.1, 0.15) is 0 Å². The number of aromatic nitrogens is 1. The minimum atomic E-state index is -0.621. The fraction of sp³-hybridized carbons (Fsp3) is 0.273. The van der Waals surface area contributed by atoms with Crippen molar-refractivity contribution in [2.45, 2.75) is 9.79 Å². The Morgan fingerprint density at radius 2 is 1.30 bits per heavy atom. The van der Waals surface area contributed by atoms with E-state index in [1.807, 2.05) is 0 Å². The van der Waals surface area contributed by atoms with Gasteiger partial charge in [0.25, 0.3) is 0 Å². The van der Waals surface area contributed by atoms with Gasteiger partial charge in [-0.1, -0.05) is 46.7 Å². The summed E-state index contributed by atoms with van der Waals surface area (Å²) in [6, 6.07) is 0. The molecule has 0 N–H and O–H groups in total. The van der Waals surface area contributed by atoms with Crippen molar-refractivity contribution in [1.82, 2.24) is 4.57 Å². The first-order valence-electron chi connectivity index (χ1n) is 5.22. The Bertz CT molecular complexity index is 587.